The number of fused-ring (bicyclic) bond motifs is 2. The molecular formula is C23H22N8O. The maximum Gasteiger partial charge on any atom is 0.170 e. The van der Waals surface area contributed by atoms with Gasteiger partial charge >= 0.3 is 0 Å². The van der Waals surface area contributed by atoms with Crippen molar-refractivity contribution in [1.29, 1.82) is 0 Å². The fourth-order valence-corrected chi connectivity index (χ4v) is 4.31. The van der Waals surface area contributed by atoms with Crippen LogP contribution >= 0.6 is 0 Å². The van der Waals surface area contributed by atoms with Crippen molar-refractivity contribution in [3.05, 3.63) is 54.9 Å². The van der Waals surface area contributed by atoms with Crippen LogP contribution in [0.15, 0.2) is 49.2 Å². The van der Waals surface area contributed by atoms with Crippen molar-refractivity contribution in [1.82, 2.24) is 34.5 Å². The fourth-order valence-electron chi connectivity index (χ4n) is 4.31. The van der Waals surface area contributed by atoms with E-state index in [1.165, 1.54) is 0 Å². The van der Waals surface area contributed by atoms with Crippen LogP contribution in [-0.4, -0.2) is 60.3 Å². The molecule has 1 fully saturated rings. The lowest BCUT2D eigenvalue weighted by molar-refractivity contribution is 0.0987. The summed E-state index contributed by atoms with van der Waals surface area (Å²) in [5.41, 5.74) is 5.11. The Hall–Kier alpha value is -3.85. The molecule has 9 heteroatoms. The van der Waals surface area contributed by atoms with Gasteiger partial charge in [-0.25, -0.2) is 19.9 Å². The number of pyridine rings is 2. The molecule has 0 aliphatic carbocycles. The molecule has 9 nitrogen and oxygen atoms in total. The van der Waals surface area contributed by atoms with Gasteiger partial charge in [0, 0.05) is 36.1 Å². The Kier molecular flexibility index (Phi) is 4.36. The lowest BCUT2D eigenvalue weighted by atomic mass is 10.1. The van der Waals surface area contributed by atoms with Crippen LogP contribution in [0.3, 0.4) is 0 Å². The lowest BCUT2D eigenvalue weighted by Gasteiger charge is -2.34. The predicted octanol–water partition coefficient (Wildman–Crippen LogP) is 3.29. The van der Waals surface area contributed by atoms with E-state index in [0.717, 1.165) is 51.5 Å². The zero-order valence-electron chi connectivity index (χ0n) is 17.9. The second-order valence-corrected chi connectivity index (χ2v) is 7.98. The average molecular weight is 426 g/mol. The van der Waals surface area contributed by atoms with Gasteiger partial charge in [0.1, 0.15) is 12.0 Å². The number of nitrogens with zero attached hydrogens (tertiary/aromatic N) is 7. The van der Waals surface area contributed by atoms with Crippen LogP contribution in [-0.2, 0) is 4.74 Å². The summed E-state index contributed by atoms with van der Waals surface area (Å²) in [6.07, 6.45) is 7.26. The Labute approximate surface area is 184 Å². The molecule has 6 heterocycles. The number of H-pyrrole nitrogens is 1. The number of hydrogen-bond acceptors (Lipinski definition) is 7. The number of aromatic nitrogens is 7. The fraction of sp³-hybridized carbons (Fsp3) is 0.261. The predicted molar refractivity (Wildman–Crippen MR) is 122 cm³/mol. The molecule has 0 aromatic carbocycles. The van der Waals surface area contributed by atoms with Crippen molar-refractivity contribution in [2.24, 2.45) is 0 Å². The van der Waals surface area contributed by atoms with Crippen LogP contribution in [0.2, 0.25) is 0 Å². The van der Waals surface area contributed by atoms with E-state index in [1.54, 1.807) is 18.7 Å². The highest BCUT2D eigenvalue weighted by atomic mass is 16.5. The first kappa shape index (κ1) is 18.9. The summed E-state index contributed by atoms with van der Waals surface area (Å²) in [5, 5.41) is 0.983. The van der Waals surface area contributed by atoms with E-state index in [1.807, 2.05) is 42.0 Å². The van der Waals surface area contributed by atoms with Gasteiger partial charge in [0.25, 0.3) is 0 Å². The maximum absolute atomic E-state index is 5.67. The summed E-state index contributed by atoms with van der Waals surface area (Å²) in [4.78, 5) is 29.1. The van der Waals surface area contributed by atoms with Gasteiger partial charge in [0.05, 0.1) is 30.6 Å². The second-order valence-electron chi connectivity index (χ2n) is 7.98. The highest BCUT2D eigenvalue weighted by molar-refractivity contribution is 5.94. The van der Waals surface area contributed by atoms with Gasteiger partial charge in [-0.3, -0.25) is 9.55 Å². The van der Waals surface area contributed by atoms with E-state index in [-0.39, 0.29) is 6.04 Å². The van der Waals surface area contributed by atoms with Crippen LogP contribution in [0.1, 0.15) is 12.6 Å². The summed E-state index contributed by atoms with van der Waals surface area (Å²) in [7, 11) is 0. The largest absolute Gasteiger partial charge is 0.377 e. The SMILES string of the molecule is Cc1ncccc1-n1cnc2c(N3CCOC[C@H]3C)nc(-c3ccnc4[nH]ccc34)nc21. The summed E-state index contributed by atoms with van der Waals surface area (Å²) in [6, 6.07) is 8.10. The molecule has 0 unspecified atom stereocenters. The first-order valence-corrected chi connectivity index (χ1v) is 10.6. The minimum atomic E-state index is 0.185. The molecule has 0 radical (unpaired) electrons. The van der Waals surface area contributed by atoms with Gasteiger partial charge < -0.3 is 14.6 Å². The summed E-state index contributed by atoms with van der Waals surface area (Å²) >= 11 is 0. The van der Waals surface area contributed by atoms with E-state index < -0.39 is 0 Å². The van der Waals surface area contributed by atoms with Crippen LogP contribution < -0.4 is 4.90 Å². The second kappa shape index (κ2) is 7.38. The molecule has 5 aromatic rings. The molecule has 1 atom stereocenters. The molecule has 1 aliphatic heterocycles. The van der Waals surface area contributed by atoms with Crippen molar-refractivity contribution >= 4 is 28.0 Å². The van der Waals surface area contributed by atoms with E-state index in [9.17, 15) is 0 Å². The van der Waals surface area contributed by atoms with Gasteiger partial charge in [-0.05, 0) is 38.1 Å². The molecule has 5 aromatic heterocycles. The Balaban J connectivity index is 1.64. The van der Waals surface area contributed by atoms with E-state index in [4.69, 9.17) is 19.7 Å². The first-order chi connectivity index (χ1) is 15.7. The summed E-state index contributed by atoms with van der Waals surface area (Å²) < 4.78 is 7.66. The number of imidazole rings is 1. The zero-order valence-corrected chi connectivity index (χ0v) is 17.9. The van der Waals surface area contributed by atoms with Gasteiger partial charge in [-0.2, -0.15) is 0 Å². The molecule has 32 heavy (non-hydrogen) atoms. The third-order valence-corrected chi connectivity index (χ3v) is 5.96. The number of anilines is 1. The molecule has 160 valence electrons. The minimum Gasteiger partial charge on any atom is -0.377 e. The highest BCUT2D eigenvalue weighted by Crippen LogP contribution is 2.32. The Morgan fingerprint density at radius 3 is 2.91 bits per heavy atom. The average Bonchev–Trinajstić information content (AvgIpc) is 3.46. The quantitative estimate of drug-likeness (QED) is 0.473. The topological polar surface area (TPSA) is 97.6 Å². The smallest absolute Gasteiger partial charge is 0.170 e. The number of hydrogen-bond donors (Lipinski definition) is 1. The normalized spacial score (nSPS) is 16.8. The molecule has 0 bridgehead atoms. The van der Waals surface area contributed by atoms with Crippen molar-refractivity contribution in [3.63, 3.8) is 0 Å². The number of ether oxygens (including phenoxy) is 1. The number of aromatic amines is 1. The maximum atomic E-state index is 5.67. The molecule has 1 saturated heterocycles. The van der Waals surface area contributed by atoms with Crippen molar-refractivity contribution < 1.29 is 4.74 Å². The van der Waals surface area contributed by atoms with Crippen LogP contribution in [0.25, 0.3) is 39.3 Å². The van der Waals surface area contributed by atoms with Crippen molar-refractivity contribution in [2.45, 2.75) is 19.9 Å². The van der Waals surface area contributed by atoms with E-state index in [2.05, 4.69) is 26.8 Å². The number of rotatable bonds is 3. The van der Waals surface area contributed by atoms with E-state index in [0.29, 0.717) is 19.0 Å². The standard InChI is InChI=1S/C23H22N8O/c1-14-12-32-11-10-30(14)22-19-23(31(13-27-19)18-4-3-7-24-15(18)2)29-21(28-22)17-6-9-26-20-16(17)5-8-25-20/h3-9,13-14H,10-12H2,1-2H3,(H,25,26)/t14-/m1/s1. The van der Waals surface area contributed by atoms with Crippen molar-refractivity contribution in [2.75, 3.05) is 24.7 Å². The highest BCUT2D eigenvalue weighted by Gasteiger charge is 2.26. The monoisotopic (exact) mass is 426 g/mol. The van der Waals surface area contributed by atoms with E-state index >= 15 is 0 Å². The van der Waals surface area contributed by atoms with Crippen LogP contribution in [0.4, 0.5) is 5.82 Å². The Morgan fingerprint density at radius 2 is 2.03 bits per heavy atom. The first-order valence-electron chi connectivity index (χ1n) is 10.6. The lowest BCUT2D eigenvalue weighted by Crippen LogP contribution is -2.44. The van der Waals surface area contributed by atoms with Crippen molar-refractivity contribution in [3.8, 4) is 17.1 Å². The molecule has 0 spiro atoms. The molecule has 6 rings (SSSR count). The third kappa shape index (κ3) is 2.93. The molecule has 0 amide bonds. The summed E-state index contributed by atoms with van der Waals surface area (Å²) in [6.45, 7) is 6.19. The molecular weight excluding hydrogens is 404 g/mol. The molecule has 1 N–H and O–H groups in total. The Morgan fingerprint density at radius 1 is 1.09 bits per heavy atom. The van der Waals surface area contributed by atoms with Crippen LogP contribution in [0.5, 0.6) is 0 Å². The Bertz CT molecular complexity index is 1440. The molecule has 0 saturated carbocycles. The zero-order chi connectivity index (χ0) is 21.7. The number of aryl methyl sites for hydroxylation is 1. The van der Waals surface area contributed by atoms with Gasteiger partial charge in [-0.1, -0.05) is 0 Å². The van der Waals surface area contributed by atoms with Crippen LogP contribution in [0, 0.1) is 6.92 Å². The number of morpholine rings is 1. The van der Waals surface area contributed by atoms with Gasteiger partial charge in [0.15, 0.2) is 22.8 Å². The molecule has 1 aliphatic rings. The minimum absolute atomic E-state index is 0.185. The summed E-state index contributed by atoms with van der Waals surface area (Å²) in [5.74, 6) is 1.46. The van der Waals surface area contributed by atoms with Gasteiger partial charge in [0.2, 0.25) is 0 Å². The third-order valence-electron chi connectivity index (χ3n) is 5.96. The number of nitrogens with one attached hydrogen (secondary N) is 1. The van der Waals surface area contributed by atoms with Gasteiger partial charge in [-0.15, -0.1) is 0 Å².